The lowest BCUT2D eigenvalue weighted by atomic mass is 10.0. The monoisotopic (exact) mass is 247 g/mol. The molecule has 0 spiro atoms. The van der Waals surface area contributed by atoms with Crippen LogP contribution in [0.25, 0.3) is 0 Å². The second-order valence-corrected chi connectivity index (χ2v) is 4.06. The molecule has 0 bridgehead atoms. The average molecular weight is 247 g/mol. The highest BCUT2D eigenvalue weighted by atomic mass is 15.0. The fourth-order valence-electron chi connectivity index (χ4n) is 1.78. The molecule has 0 saturated carbocycles. The van der Waals surface area contributed by atoms with Gasteiger partial charge in [0.25, 0.3) is 0 Å². The van der Waals surface area contributed by atoms with Crippen LogP contribution in [0.3, 0.4) is 0 Å². The molecule has 1 unspecified atom stereocenters. The van der Waals surface area contributed by atoms with Gasteiger partial charge in [0, 0.05) is 12.6 Å². The number of nitrogens with zero attached hydrogens (tertiary/aromatic N) is 2. The normalized spacial score (nSPS) is 11.1. The quantitative estimate of drug-likeness (QED) is 0.844. The lowest BCUT2D eigenvalue weighted by Crippen LogP contribution is -2.11. The van der Waals surface area contributed by atoms with E-state index >= 15 is 0 Å². The van der Waals surface area contributed by atoms with Crippen LogP contribution in [0.15, 0.2) is 48.7 Å². The number of hydrogen-bond donors (Lipinski definition) is 1. The Balaban J connectivity index is 2.17. The van der Waals surface area contributed by atoms with Crippen molar-refractivity contribution in [1.82, 2.24) is 4.98 Å². The minimum Gasteiger partial charge on any atom is -0.362 e. The first-order chi connectivity index (χ1) is 9.33. The molecular weight excluding hydrogens is 234 g/mol. The number of benzene rings is 1. The van der Waals surface area contributed by atoms with Crippen LogP contribution in [-0.4, -0.2) is 4.98 Å². The van der Waals surface area contributed by atoms with E-state index in [1.807, 2.05) is 36.4 Å². The minimum absolute atomic E-state index is 0.0200. The first-order valence-corrected chi connectivity index (χ1v) is 5.94. The molecule has 1 aromatic heterocycles. The number of anilines is 1. The summed E-state index contributed by atoms with van der Waals surface area (Å²) in [6.07, 6.45) is 7.53. The van der Waals surface area contributed by atoms with Crippen LogP contribution in [0, 0.1) is 23.7 Å². The Labute approximate surface area is 112 Å². The lowest BCUT2D eigenvalue weighted by molar-refractivity contribution is 0.807. The molecule has 0 aliphatic rings. The Bertz CT molecular complexity index is 603. The van der Waals surface area contributed by atoms with Crippen molar-refractivity contribution in [2.45, 2.75) is 12.5 Å². The van der Waals surface area contributed by atoms with Gasteiger partial charge in [-0.2, -0.15) is 5.26 Å². The van der Waals surface area contributed by atoms with Crippen LogP contribution in [0.1, 0.15) is 23.6 Å². The molecule has 0 aliphatic carbocycles. The van der Waals surface area contributed by atoms with Crippen molar-refractivity contribution < 1.29 is 0 Å². The van der Waals surface area contributed by atoms with Crippen LogP contribution in [0.5, 0.6) is 0 Å². The summed E-state index contributed by atoms with van der Waals surface area (Å²) in [6.45, 7) is 0. The molecule has 0 amide bonds. The van der Waals surface area contributed by atoms with Crippen molar-refractivity contribution >= 4 is 5.82 Å². The zero-order valence-corrected chi connectivity index (χ0v) is 10.4. The third-order valence-electron chi connectivity index (χ3n) is 2.74. The van der Waals surface area contributed by atoms with Crippen LogP contribution >= 0.6 is 0 Å². The molecule has 92 valence electrons. The smallest absolute Gasteiger partial charge is 0.126 e. The molecule has 0 aliphatic heterocycles. The van der Waals surface area contributed by atoms with E-state index < -0.39 is 0 Å². The molecule has 19 heavy (non-hydrogen) atoms. The van der Waals surface area contributed by atoms with Gasteiger partial charge in [0.1, 0.15) is 11.9 Å². The summed E-state index contributed by atoms with van der Waals surface area (Å²) in [5.41, 5.74) is 1.66. The van der Waals surface area contributed by atoms with E-state index in [1.165, 1.54) is 0 Å². The van der Waals surface area contributed by atoms with E-state index in [1.54, 1.807) is 18.3 Å². The maximum Gasteiger partial charge on any atom is 0.126 e. The third kappa shape index (κ3) is 3.34. The highest BCUT2D eigenvalue weighted by molar-refractivity contribution is 5.42. The van der Waals surface area contributed by atoms with Gasteiger partial charge in [-0.3, -0.25) is 0 Å². The number of terminal acetylenes is 1. The molecule has 0 radical (unpaired) electrons. The maximum atomic E-state index is 8.74. The summed E-state index contributed by atoms with van der Waals surface area (Å²) in [5, 5.41) is 12.0. The number of nitrogens with one attached hydrogen (secondary N) is 1. The number of aromatic nitrogens is 1. The van der Waals surface area contributed by atoms with E-state index in [2.05, 4.69) is 16.2 Å². The second kappa shape index (κ2) is 6.23. The van der Waals surface area contributed by atoms with Crippen LogP contribution < -0.4 is 5.32 Å². The molecular formula is C16H13N3. The Morgan fingerprint density at radius 1 is 1.21 bits per heavy atom. The largest absolute Gasteiger partial charge is 0.362 e. The summed E-state index contributed by atoms with van der Waals surface area (Å²) in [5.74, 6) is 3.38. The molecule has 2 rings (SSSR count). The van der Waals surface area contributed by atoms with E-state index in [0.29, 0.717) is 17.8 Å². The molecule has 0 fully saturated rings. The second-order valence-electron chi connectivity index (χ2n) is 4.06. The summed E-state index contributed by atoms with van der Waals surface area (Å²) in [7, 11) is 0. The molecule has 2 aromatic rings. The number of nitriles is 1. The summed E-state index contributed by atoms with van der Waals surface area (Å²) < 4.78 is 0. The van der Waals surface area contributed by atoms with Crippen molar-refractivity contribution in [1.29, 1.82) is 5.26 Å². The zero-order chi connectivity index (χ0) is 13.5. The van der Waals surface area contributed by atoms with E-state index in [0.717, 1.165) is 5.56 Å². The predicted molar refractivity (Wildman–Crippen MR) is 75.2 cm³/mol. The highest BCUT2D eigenvalue weighted by Gasteiger charge is 2.10. The van der Waals surface area contributed by atoms with Crippen LogP contribution in [-0.2, 0) is 0 Å². The average Bonchev–Trinajstić information content (AvgIpc) is 2.48. The first-order valence-electron chi connectivity index (χ1n) is 5.94. The Kier molecular flexibility index (Phi) is 4.16. The van der Waals surface area contributed by atoms with Crippen molar-refractivity contribution in [3.63, 3.8) is 0 Å². The van der Waals surface area contributed by atoms with Gasteiger partial charge in [0.15, 0.2) is 0 Å². The molecule has 1 heterocycles. The van der Waals surface area contributed by atoms with Gasteiger partial charge in [-0.05, 0) is 17.7 Å². The van der Waals surface area contributed by atoms with Crippen molar-refractivity contribution in [2.75, 3.05) is 5.32 Å². The fraction of sp³-hybridized carbons (Fsp3) is 0.125. The molecule has 0 saturated heterocycles. The Morgan fingerprint density at radius 2 is 2.00 bits per heavy atom. The van der Waals surface area contributed by atoms with Gasteiger partial charge < -0.3 is 5.32 Å². The van der Waals surface area contributed by atoms with E-state index in [-0.39, 0.29) is 6.04 Å². The number of hydrogen-bond acceptors (Lipinski definition) is 3. The van der Waals surface area contributed by atoms with Gasteiger partial charge in [-0.1, -0.05) is 30.3 Å². The molecule has 3 heteroatoms. The predicted octanol–water partition coefficient (Wildman–Crippen LogP) is 3.13. The van der Waals surface area contributed by atoms with Gasteiger partial charge in [0.05, 0.1) is 11.6 Å². The van der Waals surface area contributed by atoms with Crippen LogP contribution in [0.2, 0.25) is 0 Å². The molecule has 1 atom stereocenters. The molecule has 1 aromatic carbocycles. The molecule has 3 nitrogen and oxygen atoms in total. The number of rotatable bonds is 4. The zero-order valence-electron chi connectivity index (χ0n) is 10.4. The summed E-state index contributed by atoms with van der Waals surface area (Å²) >= 11 is 0. The SMILES string of the molecule is C#CCC(Nc1ccc(C#N)cn1)c1ccccc1. The minimum atomic E-state index is 0.0200. The van der Waals surface area contributed by atoms with E-state index in [9.17, 15) is 0 Å². The van der Waals surface area contributed by atoms with Gasteiger partial charge in [-0.25, -0.2) is 4.98 Å². The van der Waals surface area contributed by atoms with Gasteiger partial charge in [0.2, 0.25) is 0 Å². The maximum absolute atomic E-state index is 8.74. The first kappa shape index (κ1) is 12.7. The highest BCUT2D eigenvalue weighted by Crippen LogP contribution is 2.21. The Morgan fingerprint density at radius 3 is 2.58 bits per heavy atom. The summed E-state index contributed by atoms with van der Waals surface area (Å²) in [4.78, 5) is 4.19. The van der Waals surface area contributed by atoms with Crippen molar-refractivity contribution in [2.24, 2.45) is 0 Å². The lowest BCUT2D eigenvalue weighted by Gasteiger charge is -2.17. The fourth-order valence-corrected chi connectivity index (χ4v) is 1.78. The molecule has 1 N–H and O–H groups in total. The van der Waals surface area contributed by atoms with Gasteiger partial charge in [-0.15, -0.1) is 12.3 Å². The Hall–Kier alpha value is -2.78. The van der Waals surface area contributed by atoms with Crippen molar-refractivity contribution in [3.05, 3.63) is 59.8 Å². The van der Waals surface area contributed by atoms with Crippen LogP contribution in [0.4, 0.5) is 5.82 Å². The topological polar surface area (TPSA) is 48.7 Å². The number of pyridine rings is 1. The van der Waals surface area contributed by atoms with Gasteiger partial charge >= 0.3 is 0 Å². The van der Waals surface area contributed by atoms with E-state index in [4.69, 9.17) is 11.7 Å². The summed E-state index contributed by atoms with van der Waals surface area (Å²) in [6, 6.07) is 15.6. The third-order valence-corrected chi connectivity index (χ3v) is 2.74. The standard InChI is InChI=1S/C16H13N3/c1-2-6-15(14-7-4-3-5-8-14)19-16-10-9-13(11-17)12-18-16/h1,3-5,7-10,12,15H,6H2,(H,18,19). The van der Waals surface area contributed by atoms with Crippen molar-refractivity contribution in [3.8, 4) is 18.4 Å².